The van der Waals surface area contributed by atoms with E-state index in [2.05, 4.69) is 29.8 Å². The van der Waals surface area contributed by atoms with Crippen LogP contribution in [-0.2, 0) is 9.53 Å². The smallest absolute Gasteiger partial charge is 0.326 e. The van der Waals surface area contributed by atoms with Gasteiger partial charge < -0.3 is 10.1 Å². The molecule has 1 aromatic rings. The molecule has 3 nitrogen and oxygen atoms in total. The molecule has 118 valence electrons. The molecule has 1 fully saturated rings. The lowest BCUT2D eigenvalue weighted by molar-refractivity contribution is -0.153. The summed E-state index contributed by atoms with van der Waals surface area (Å²) in [7, 11) is 0. The number of thiophene rings is 1. The molecular weight excluding hydrogens is 302 g/mol. The molecule has 0 aromatic carbocycles. The first-order valence-electron chi connectivity index (χ1n) is 7.81. The molecule has 2 rings (SSSR count). The normalized spacial score (nSPS) is 25.1. The van der Waals surface area contributed by atoms with E-state index in [0.717, 1.165) is 38.0 Å². The van der Waals surface area contributed by atoms with Crippen LogP contribution in [0.15, 0.2) is 21.7 Å². The quantitative estimate of drug-likeness (QED) is 0.580. The molecule has 1 aliphatic rings. The minimum Gasteiger partial charge on any atom is -0.465 e. The number of likely N-dealkylation sites (N-methyl/N-ethyl adjacent to an activating group) is 1. The second-order valence-corrected chi connectivity index (χ2v) is 7.72. The standard InChI is InChI=1S/C16H25NO2S2/c1-3-17-16(15(18)19-4-2)10-5-7-13(16)9-12-21-14-8-6-11-20-14/h6,8,11,13,17H,3-5,7,9-10,12H2,1-2H3. The summed E-state index contributed by atoms with van der Waals surface area (Å²) in [5.41, 5.74) is -0.444. The predicted molar refractivity (Wildman–Crippen MR) is 90.0 cm³/mol. The molecule has 5 heteroatoms. The first-order valence-corrected chi connectivity index (χ1v) is 9.68. The second kappa shape index (κ2) is 8.20. The maximum absolute atomic E-state index is 12.5. The lowest BCUT2D eigenvalue weighted by Crippen LogP contribution is -2.55. The van der Waals surface area contributed by atoms with Crippen molar-refractivity contribution in [3.8, 4) is 0 Å². The molecule has 1 N–H and O–H groups in total. The SMILES string of the molecule is CCNC1(C(=O)OCC)CCCC1CCSc1cccs1. The number of ether oxygens (including phenoxy) is 1. The van der Waals surface area contributed by atoms with Crippen LogP contribution in [0.25, 0.3) is 0 Å². The van der Waals surface area contributed by atoms with Crippen LogP contribution in [0, 0.1) is 5.92 Å². The van der Waals surface area contributed by atoms with E-state index >= 15 is 0 Å². The minimum atomic E-state index is -0.444. The van der Waals surface area contributed by atoms with Crippen molar-refractivity contribution in [2.24, 2.45) is 5.92 Å². The number of thioether (sulfide) groups is 1. The molecule has 2 atom stereocenters. The van der Waals surface area contributed by atoms with Crippen LogP contribution < -0.4 is 5.32 Å². The van der Waals surface area contributed by atoms with E-state index in [1.165, 1.54) is 4.21 Å². The van der Waals surface area contributed by atoms with Gasteiger partial charge in [-0.2, -0.15) is 0 Å². The summed E-state index contributed by atoms with van der Waals surface area (Å²) >= 11 is 3.68. The van der Waals surface area contributed by atoms with Gasteiger partial charge in [0.1, 0.15) is 5.54 Å². The Balaban J connectivity index is 1.96. The minimum absolute atomic E-state index is 0.0459. The summed E-state index contributed by atoms with van der Waals surface area (Å²) < 4.78 is 6.72. The monoisotopic (exact) mass is 327 g/mol. The number of carbonyl (C=O) groups excluding carboxylic acids is 1. The molecule has 0 spiro atoms. The Hall–Kier alpha value is -0.520. The highest BCUT2D eigenvalue weighted by molar-refractivity contribution is 8.01. The van der Waals surface area contributed by atoms with E-state index in [1.807, 2.05) is 18.7 Å². The van der Waals surface area contributed by atoms with E-state index in [0.29, 0.717) is 12.5 Å². The molecule has 0 radical (unpaired) electrons. The molecule has 0 aliphatic heterocycles. The zero-order valence-corrected chi connectivity index (χ0v) is 14.5. The Bertz CT molecular complexity index is 435. The summed E-state index contributed by atoms with van der Waals surface area (Å²) in [6, 6.07) is 4.25. The first-order chi connectivity index (χ1) is 10.2. The van der Waals surface area contributed by atoms with Gasteiger partial charge in [0, 0.05) is 0 Å². The van der Waals surface area contributed by atoms with Crippen LogP contribution in [0.2, 0.25) is 0 Å². The van der Waals surface area contributed by atoms with E-state index in [4.69, 9.17) is 4.74 Å². The van der Waals surface area contributed by atoms with Crippen LogP contribution in [0.4, 0.5) is 0 Å². The third-order valence-electron chi connectivity index (χ3n) is 4.16. The predicted octanol–water partition coefficient (Wildman–Crippen LogP) is 3.94. The average molecular weight is 328 g/mol. The van der Waals surface area contributed by atoms with Gasteiger partial charge in [-0.15, -0.1) is 23.1 Å². The van der Waals surface area contributed by atoms with E-state index in [9.17, 15) is 4.79 Å². The van der Waals surface area contributed by atoms with Gasteiger partial charge in [-0.3, -0.25) is 4.79 Å². The highest BCUT2D eigenvalue weighted by Gasteiger charge is 2.49. The Morgan fingerprint density at radius 2 is 2.43 bits per heavy atom. The van der Waals surface area contributed by atoms with Crippen LogP contribution in [0.3, 0.4) is 0 Å². The molecule has 0 bridgehead atoms. The molecule has 1 aromatic heterocycles. The molecule has 21 heavy (non-hydrogen) atoms. The van der Waals surface area contributed by atoms with Crippen molar-refractivity contribution in [1.29, 1.82) is 0 Å². The number of esters is 1. The summed E-state index contributed by atoms with van der Waals surface area (Å²) in [5.74, 6) is 1.41. The Labute approximate surface area is 135 Å². The van der Waals surface area contributed by atoms with Crippen molar-refractivity contribution in [3.63, 3.8) is 0 Å². The van der Waals surface area contributed by atoms with Crippen molar-refractivity contribution in [3.05, 3.63) is 17.5 Å². The zero-order valence-electron chi connectivity index (χ0n) is 12.9. The summed E-state index contributed by atoms with van der Waals surface area (Å²) in [6.45, 7) is 5.22. The van der Waals surface area contributed by atoms with Gasteiger partial charge in [0.15, 0.2) is 0 Å². The molecule has 0 amide bonds. The molecular formula is C16H25NO2S2. The fraction of sp³-hybridized carbons (Fsp3) is 0.688. The number of nitrogens with one attached hydrogen (secondary N) is 1. The molecule has 1 aliphatic carbocycles. The Morgan fingerprint density at radius 1 is 1.57 bits per heavy atom. The van der Waals surface area contributed by atoms with Crippen molar-refractivity contribution in [2.75, 3.05) is 18.9 Å². The van der Waals surface area contributed by atoms with Gasteiger partial charge in [0.05, 0.1) is 10.8 Å². The van der Waals surface area contributed by atoms with Crippen molar-refractivity contribution < 1.29 is 9.53 Å². The van der Waals surface area contributed by atoms with E-state index in [-0.39, 0.29) is 5.97 Å². The summed E-state index contributed by atoms with van der Waals surface area (Å²) in [5, 5.41) is 5.57. The fourth-order valence-electron chi connectivity index (χ4n) is 3.26. The van der Waals surface area contributed by atoms with Gasteiger partial charge >= 0.3 is 5.97 Å². The fourth-order valence-corrected chi connectivity index (χ4v) is 5.18. The highest BCUT2D eigenvalue weighted by atomic mass is 32.2. The molecule has 1 saturated carbocycles. The second-order valence-electron chi connectivity index (χ2n) is 5.38. The van der Waals surface area contributed by atoms with Gasteiger partial charge in [0.2, 0.25) is 0 Å². The maximum Gasteiger partial charge on any atom is 0.326 e. The number of hydrogen-bond acceptors (Lipinski definition) is 5. The Morgan fingerprint density at radius 3 is 3.10 bits per heavy atom. The molecule has 1 heterocycles. The summed E-state index contributed by atoms with van der Waals surface area (Å²) in [4.78, 5) is 12.5. The van der Waals surface area contributed by atoms with Crippen molar-refractivity contribution in [2.45, 2.75) is 49.3 Å². The average Bonchev–Trinajstić information content (AvgIpc) is 3.11. The van der Waals surface area contributed by atoms with Crippen LogP contribution in [0.1, 0.15) is 39.5 Å². The van der Waals surface area contributed by atoms with Gasteiger partial charge in [0.25, 0.3) is 0 Å². The lowest BCUT2D eigenvalue weighted by atomic mass is 9.85. The van der Waals surface area contributed by atoms with Crippen LogP contribution >= 0.6 is 23.1 Å². The maximum atomic E-state index is 12.5. The number of rotatable bonds is 8. The topological polar surface area (TPSA) is 38.3 Å². The van der Waals surface area contributed by atoms with Crippen molar-refractivity contribution >= 4 is 29.1 Å². The van der Waals surface area contributed by atoms with Gasteiger partial charge in [-0.25, -0.2) is 0 Å². The molecule has 0 saturated heterocycles. The lowest BCUT2D eigenvalue weighted by Gasteiger charge is -2.34. The Kier molecular flexibility index (Phi) is 6.58. The third-order valence-corrected chi connectivity index (χ3v) is 6.32. The third kappa shape index (κ3) is 4.02. The van der Waals surface area contributed by atoms with Crippen molar-refractivity contribution in [1.82, 2.24) is 5.32 Å². The van der Waals surface area contributed by atoms with E-state index in [1.54, 1.807) is 11.3 Å². The molecule has 2 unspecified atom stereocenters. The zero-order chi connectivity index (χ0) is 15.1. The van der Waals surface area contributed by atoms with Gasteiger partial charge in [-0.05, 0) is 55.8 Å². The number of hydrogen-bond donors (Lipinski definition) is 1. The summed E-state index contributed by atoms with van der Waals surface area (Å²) in [6.07, 6.45) is 4.21. The van der Waals surface area contributed by atoms with Crippen LogP contribution in [0.5, 0.6) is 0 Å². The van der Waals surface area contributed by atoms with Crippen LogP contribution in [-0.4, -0.2) is 30.4 Å². The van der Waals surface area contributed by atoms with Gasteiger partial charge in [-0.1, -0.05) is 19.4 Å². The first kappa shape index (κ1) is 16.8. The highest BCUT2D eigenvalue weighted by Crippen LogP contribution is 2.40. The van der Waals surface area contributed by atoms with E-state index < -0.39 is 5.54 Å². The number of carbonyl (C=O) groups is 1. The largest absolute Gasteiger partial charge is 0.465 e.